The number of hydrogen-bond acceptors (Lipinski definition) is 3. The molecule has 0 unspecified atom stereocenters. The van der Waals surface area contributed by atoms with Gasteiger partial charge in [-0.05, 0) is 57.9 Å². The van der Waals surface area contributed by atoms with Gasteiger partial charge in [0.2, 0.25) is 10.0 Å². The van der Waals surface area contributed by atoms with Crippen molar-refractivity contribution in [3.63, 3.8) is 0 Å². The minimum absolute atomic E-state index is 0.164. The van der Waals surface area contributed by atoms with Gasteiger partial charge in [-0.3, -0.25) is 0 Å². The molecule has 4 nitrogen and oxygen atoms in total. The van der Waals surface area contributed by atoms with Crippen LogP contribution in [0.2, 0.25) is 0 Å². The number of rotatable bonds is 4. The largest absolute Gasteiger partial charge is 0.398 e. The van der Waals surface area contributed by atoms with E-state index in [0.717, 1.165) is 11.1 Å². The molecule has 0 aliphatic rings. The van der Waals surface area contributed by atoms with Gasteiger partial charge in [-0.25, -0.2) is 8.42 Å². The van der Waals surface area contributed by atoms with Crippen LogP contribution in [0.1, 0.15) is 31.9 Å². The van der Waals surface area contributed by atoms with Crippen molar-refractivity contribution < 1.29 is 8.42 Å². The topological polar surface area (TPSA) is 63.4 Å². The zero-order valence-corrected chi connectivity index (χ0v) is 13.7. The smallest absolute Gasteiger partial charge is 0.245 e. The molecule has 0 radical (unpaired) electrons. The number of nitrogen functional groups attached to an aromatic ring is 1. The zero-order valence-electron chi connectivity index (χ0n) is 12.9. The Hall–Kier alpha value is -1.33. The second kappa shape index (κ2) is 5.58. The fraction of sp³-hybridized carbons (Fsp3) is 0.467. The van der Waals surface area contributed by atoms with Gasteiger partial charge in [0.15, 0.2) is 0 Å². The van der Waals surface area contributed by atoms with Gasteiger partial charge >= 0.3 is 0 Å². The molecule has 0 atom stereocenters. The number of anilines is 1. The molecular formula is C15H24N2O2S. The third-order valence-electron chi connectivity index (χ3n) is 3.24. The first-order valence-electron chi connectivity index (χ1n) is 6.52. The Morgan fingerprint density at radius 1 is 1.25 bits per heavy atom. The molecule has 20 heavy (non-hydrogen) atoms. The number of sulfonamides is 1. The summed E-state index contributed by atoms with van der Waals surface area (Å²) in [6.45, 7) is 13.2. The van der Waals surface area contributed by atoms with Crippen molar-refractivity contribution in [2.75, 3.05) is 12.3 Å². The van der Waals surface area contributed by atoms with Crippen LogP contribution in [0.25, 0.3) is 0 Å². The summed E-state index contributed by atoms with van der Waals surface area (Å²) in [6.07, 6.45) is 1.58. The van der Waals surface area contributed by atoms with Gasteiger partial charge in [-0.2, -0.15) is 4.31 Å². The Balaban J connectivity index is 3.49. The van der Waals surface area contributed by atoms with Gasteiger partial charge in [0.25, 0.3) is 0 Å². The molecule has 0 aliphatic heterocycles. The molecule has 0 aromatic heterocycles. The van der Waals surface area contributed by atoms with Crippen molar-refractivity contribution in [2.24, 2.45) is 0 Å². The summed E-state index contributed by atoms with van der Waals surface area (Å²) in [7, 11) is -3.65. The van der Waals surface area contributed by atoms with E-state index in [9.17, 15) is 8.42 Å². The molecule has 2 N–H and O–H groups in total. The first-order chi connectivity index (χ1) is 9.01. The van der Waals surface area contributed by atoms with E-state index >= 15 is 0 Å². The van der Waals surface area contributed by atoms with Crippen LogP contribution in [-0.4, -0.2) is 24.8 Å². The average Bonchev–Trinajstić information content (AvgIpc) is 2.28. The van der Waals surface area contributed by atoms with Crippen LogP contribution in [0.5, 0.6) is 0 Å². The third-order valence-corrected chi connectivity index (χ3v) is 5.42. The number of nitrogens with two attached hydrogens (primary N) is 1. The quantitative estimate of drug-likeness (QED) is 0.686. The molecule has 0 fully saturated rings. The molecule has 1 aromatic carbocycles. The first-order valence-corrected chi connectivity index (χ1v) is 7.96. The molecule has 0 spiro atoms. The van der Waals surface area contributed by atoms with Gasteiger partial charge < -0.3 is 5.73 Å². The summed E-state index contributed by atoms with van der Waals surface area (Å²) in [5, 5.41) is 0. The molecular weight excluding hydrogens is 272 g/mol. The summed E-state index contributed by atoms with van der Waals surface area (Å²) in [5.41, 5.74) is 7.55. The zero-order chi connectivity index (χ0) is 15.7. The van der Waals surface area contributed by atoms with Crippen LogP contribution >= 0.6 is 0 Å². The maximum Gasteiger partial charge on any atom is 0.245 e. The van der Waals surface area contributed by atoms with Crippen molar-refractivity contribution in [1.29, 1.82) is 0 Å². The maximum absolute atomic E-state index is 12.9. The maximum atomic E-state index is 12.9. The lowest BCUT2D eigenvalue weighted by atomic mass is 10.1. The lowest BCUT2D eigenvalue weighted by molar-refractivity contribution is 0.270. The highest BCUT2D eigenvalue weighted by Crippen LogP contribution is 2.29. The third kappa shape index (κ3) is 3.22. The minimum Gasteiger partial charge on any atom is -0.398 e. The monoisotopic (exact) mass is 296 g/mol. The Morgan fingerprint density at radius 2 is 1.75 bits per heavy atom. The van der Waals surface area contributed by atoms with E-state index < -0.39 is 15.6 Å². The highest BCUT2D eigenvalue weighted by molar-refractivity contribution is 7.89. The predicted octanol–water partition coefficient (Wildman–Crippen LogP) is 2.86. The van der Waals surface area contributed by atoms with Gasteiger partial charge in [0.05, 0.1) is 5.69 Å². The fourth-order valence-corrected chi connectivity index (χ4v) is 3.95. The van der Waals surface area contributed by atoms with E-state index in [4.69, 9.17) is 5.73 Å². The standard InChI is InChI=1S/C15H24N2O2S/c1-7-8-17(15(4,5)6)20(18,19)14-10-12(3)11(2)9-13(14)16/h7,9-10H,1,8,16H2,2-6H3. The summed E-state index contributed by atoms with van der Waals surface area (Å²) in [6, 6.07) is 3.35. The lowest BCUT2D eigenvalue weighted by Crippen LogP contribution is -2.45. The molecule has 0 aliphatic carbocycles. The van der Waals surface area contributed by atoms with Gasteiger partial charge in [-0.1, -0.05) is 6.08 Å². The average molecular weight is 296 g/mol. The number of nitrogens with zero attached hydrogens (tertiary/aromatic N) is 1. The van der Waals surface area contributed by atoms with Crippen LogP contribution in [0, 0.1) is 13.8 Å². The van der Waals surface area contributed by atoms with E-state index in [2.05, 4.69) is 6.58 Å². The van der Waals surface area contributed by atoms with E-state index in [1.54, 1.807) is 18.2 Å². The Morgan fingerprint density at radius 3 is 2.20 bits per heavy atom. The van der Waals surface area contributed by atoms with E-state index in [1.807, 2.05) is 34.6 Å². The summed E-state index contributed by atoms with van der Waals surface area (Å²) in [4.78, 5) is 0.164. The van der Waals surface area contributed by atoms with E-state index in [1.165, 1.54) is 4.31 Å². The van der Waals surface area contributed by atoms with Crippen molar-refractivity contribution in [3.05, 3.63) is 35.9 Å². The molecule has 1 rings (SSSR count). The van der Waals surface area contributed by atoms with Crippen LogP contribution < -0.4 is 5.73 Å². The number of aryl methyl sites for hydroxylation is 2. The second-order valence-electron chi connectivity index (χ2n) is 5.97. The van der Waals surface area contributed by atoms with Crippen LogP contribution in [0.3, 0.4) is 0 Å². The summed E-state index contributed by atoms with van der Waals surface area (Å²) < 4.78 is 27.1. The molecule has 112 valence electrons. The highest BCUT2D eigenvalue weighted by Gasteiger charge is 2.34. The Kier molecular flexibility index (Phi) is 4.66. The van der Waals surface area contributed by atoms with E-state index in [-0.39, 0.29) is 17.1 Å². The SMILES string of the molecule is C=CCN(C(C)(C)C)S(=O)(=O)c1cc(C)c(C)cc1N. The molecule has 0 saturated carbocycles. The molecule has 0 amide bonds. The van der Waals surface area contributed by atoms with Crippen molar-refractivity contribution in [1.82, 2.24) is 4.31 Å². The van der Waals surface area contributed by atoms with Crippen LogP contribution in [0.4, 0.5) is 5.69 Å². The van der Waals surface area contributed by atoms with Crippen LogP contribution in [-0.2, 0) is 10.0 Å². The normalized spacial score (nSPS) is 12.7. The van der Waals surface area contributed by atoms with Crippen LogP contribution in [0.15, 0.2) is 29.7 Å². The lowest BCUT2D eigenvalue weighted by Gasteiger charge is -2.34. The minimum atomic E-state index is -3.65. The number of benzene rings is 1. The summed E-state index contributed by atoms with van der Waals surface area (Å²) >= 11 is 0. The fourth-order valence-electron chi connectivity index (χ4n) is 2.00. The van der Waals surface area contributed by atoms with Gasteiger partial charge in [0, 0.05) is 12.1 Å². The Bertz CT molecular complexity index is 613. The molecule has 0 heterocycles. The van der Waals surface area contributed by atoms with Crippen molar-refractivity contribution in [2.45, 2.75) is 45.1 Å². The molecule has 5 heteroatoms. The van der Waals surface area contributed by atoms with Crippen molar-refractivity contribution >= 4 is 15.7 Å². The molecule has 1 aromatic rings. The molecule has 0 saturated heterocycles. The van der Waals surface area contributed by atoms with Gasteiger partial charge in [-0.15, -0.1) is 6.58 Å². The van der Waals surface area contributed by atoms with Gasteiger partial charge in [0.1, 0.15) is 4.90 Å². The Labute approximate surface area is 122 Å². The van der Waals surface area contributed by atoms with E-state index in [0.29, 0.717) is 0 Å². The highest BCUT2D eigenvalue weighted by atomic mass is 32.2. The summed E-state index contributed by atoms with van der Waals surface area (Å²) in [5.74, 6) is 0. The first kappa shape index (κ1) is 16.7. The number of hydrogen-bond donors (Lipinski definition) is 1. The van der Waals surface area contributed by atoms with Crippen molar-refractivity contribution in [3.8, 4) is 0 Å². The second-order valence-corrected chi connectivity index (χ2v) is 7.80. The molecule has 0 bridgehead atoms. The predicted molar refractivity (Wildman–Crippen MR) is 84.2 cm³/mol.